The molecule has 1 N–H and O–H groups in total. The van der Waals surface area contributed by atoms with E-state index in [1.165, 1.54) is 0 Å². The molecule has 1 aliphatic rings. The highest BCUT2D eigenvalue weighted by molar-refractivity contribution is 6.05. The third-order valence-corrected chi connectivity index (χ3v) is 4.42. The maximum absolute atomic E-state index is 12.5. The van der Waals surface area contributed by atoms with Crippen LogP contribution < -0.4 is 10.2 Å². The Morgan fingerprint density at radius 3 is 2.62 bits per heavy atom. The van der Waals surface area contributed by atoms with Crippen molar-refractivity contribution in [2.75, 3.05) is 16.8 Å². The molecule has 26 heavy (non-hydrogen) atoms. The molecule has 2 aromatic carbocycles. The van der Waals surface area contributed by atoms with Crippen molar-refractivity contribution in [3.8, 4) is 5.69 Å². The highest BCUT2D eigenvalue weighted by atomic mass is 16.2. The van der Waals surface area contributed by atoms with Crippen LogP contribution in [0.4, 0.5) is 11.4 Å². The molecule has 6 heteroatoms. The van der Waals surface area contributed by atoms with Crippen LogP contribution in [0.15, 0.2) is 67.3 Å². The van der Waals surface area contributed by atoms with Gasteiger partial charge in [0.15, 0.2) is 0 Å². The van der Waals surface area contributed by atoms with Gasteiger partial charge < -0.3 is 14.8 Å². The fraction of sp³-hybridized carbons (Fsp3) is 0.150. The van der Waals surface area contributed by atoms with Gasteiger partial charge in [0, 0.05) is 48.0 Å². The molecule has 0 unspecified atom stereocenters. The molecule has 2 heterocycles. The lowest BCUT2D eigenvalue weighted by atomic mass is 10.2. The molecule has 1 aliphatic heterocycles. The molecule has 2 amide bonds. The summed E-state index contributed by atoms with van der Waals surface area (Å²) in [6.07, 6.45) is 6.72. The number of hydrogen-bond acceptors (Lipinski definition) is 3. The second-order valence-corrected chi connectivity index (χ2v) is 6.17. The number of imidazole rings is 1. The van der Waals surface area contributed by atoms with Crippen LogP contribution in [0.3, 0.4) is 0 Å². The first-order valence-electron chi connectivity index (χ1n) is 8.51. The summed E-state index contributed by atoms with van der Waals surface area (Å²) in [6, 6.07) is 14.7. The van der Waals surface area contributed by atoms with E-state index >= 15 is 0 Å². The number of carbonyl (C=O) groups is 2. The fourth-order valence-corrected chi connectivity index (χ4v) is 3.07. The number of aromatic nitrogens is 2. The topological polar surface area (TPSA) is 67.2 Å². The predicted octanol–water partition coefficient (Wildman–Crippen LogP) is 3.25. The molecule has 3 aromatic rings. The minimum absolute atomic E-state index is 0.128. The summed E-state index contributed by atoms with van der Waals surface area (Å²) < 4.78 is 1.87. The summed E-state index contributed by atoms with van der Waals surface area (Å²) in [7, 11) is 0. The number of nitrogens with zero attached hydrogens (tertiary/aromatic N) is 3. The van der Waals surface area contributed by atoms with Gasteiger partial charge in [0.1, 0.15) is 0 Å². The van der Waals surface area contributed by atoms with Crippen molar-refractivity contribution in [3.63, 3.8) is 0 Å². The molecule has 1 fully saturated rings. The summed E-state index contributed by atoms with van der Waals surface area (Å²) in [5.74, 6) is -0.0596. The van der Waals surface area contributed by atoms with E-state index in [1.54, 1.807) is 29.6 Å². The summed E-state index contributed by atoms with van der Waals surface area (Å²) in [4.78, 5) is 30.2. The van der Waals surface area contributed by atoms with Crippen LogP contribution >= 0.6 is 0 Å². The number of amides is 2. The number of nitrogens with one attached hydrogen (secondary N) is 1. The normalized spacial score (nSPS) is 13.8. The Labute approximate surface area is 151 Å². The SMILES string of the molecule is O=C(Nc1cccc(N2CCCC2=O)c1)c1ccc(-n2ccnc2)cc1. The summed E-state index contributed by atoms with van der Waals surface area (Å²) in [6.45, 7) is 0.728. The molecule has 0 aliphatic carbocycles. The summed E-state index contributed by atoms with van der Waals surface area (Å²) >= 11 is 0. The molecule has 0 atom stereocenters. The van der Waals surface area contributed by atoms with Crippen LogP contribution in [0.2, 0.25) is 0 Å². The quantitative estimate of drug-likeness (QED) is 0.788. The largest absolute Gasteiger partial charge is 0.322 e. The van der Waals surface area contributed by atoms with Crippen LogP contribution in [-0.2, 0) is 4.79 Å². The zero-order valence-corrected chi connectivity index (χ0v) is 14.1. The minimum atomic E-state index is -0.188. The molecule has 0 saturated carbocycles. The van der Waals surface area contributed by atoms with Gasteiger partial charge in [0.2, 0.25) is 5.91 Å². The lowest BCUT2D eigenvalue weighted by Gasteiger charge is -2.16. The second kappa shape index (κ2) is 6.84. The van der Waals surface area contributed by atoms with E-state index < -0.39 is 0 Å². The maximum Gasteiger partial charge on any atom is 0.255 e. The average molecular weight is 346 g/mol. The average Bonchev–Trinajstić information content (AvgIpc) is 3.34. The Morgan fingerprint density at radius 2 is 1.92 bits per heavy atom. The molecule has 130 valence electrons. The lowest BCUT2D eigenvalue weighted by Crippen LogP contribution is -2.23. The second-order valence-electron chi connectivity index (χ2n) is 6.17. The van der Waals surface area contributed by atoms with Crippen LogP contribution in [0.25, 0.3) is 5.69 Å². The maximum atomic E-state index is 12.5. The first kappa shape index (κ1) is 16.1. The van der Waals surface area contributed by atoms with Crippen LogP contribution in [0.5, 0.6) is 0 Å². The summed E-state index contributed by atoms with van der Waals surface area (Å²) in [5.41, 5.74) is 3.00. The van der Waals surface area contributed by atoms with E-state index in [0.29, 0.717) is 17.7 Å². The van der Waals surface area contributed by atoms with Gasteiger partial charge in [0.05, 0.1) is 6.33 Å². The van der Waals surface area contributed by atoms with Crippen molar-refractivity contribution in [3.05, 3.63) is 72.8 Å². The molecular weight excluding hydrogens is 328 g/mol. The van der Waals surface area contributed by atoms with Gasteiger partial charge in [-0.1, -0.05) is 6.07 Å². The zero-order valence-electron chi connectivity index (χ0n) is 14.1. The Balaban J connectivity index is 1.49. The minimum Gasteiger partial charge on any atom is -0.322 e. The molecule has 0 spiro atoms. The van der Waals surface area contributed by atoms with Crippen LogP contribution in [-0.4, -0.2) is 27.9 Å². The molecule has 1 saturated heterocycles. The highest BCUT2D eigenvalue weighted by Gasteiger charge is 2.21. The Kier molecular flexibility index (Phi) is 4.23. The van der Waals surface area contributed by atoms with Crippen molar-refractivity contribution >= 4 is 23.2 Å². The molecule has 6 nitrogen and oxygen atoms in total. The standard InChI is InChI=1S/C20H18N4O2/c25-19-5-2-11-24(19)18-4-1-3-16(13-18)22-20(26)15-6-8-17(9-7-15)23-12-10-21-14-23/h1,3-4,6-10,12-14H,2,5,11H2,(H,22,26). The molecule has 0 radical (unpaired) electrons. The van der Waals surface area contributed by atoms with E-state index in [-0.39, 0.29) is 11.8 Å². The van der Waals surface area contributed by atoms with Gasteiger partial charge in [-0.25, -0.2) is 4.98 Å². The van der Waals surface area contributed by atoms with Gasteiger partial charge in [-0.05, 0) is 48.9 Å². The highest BCUT2D eigenvalue weighted by Crippen LogP contribution is 2.24. The fourth-order valence-electron chi connectivity index (χ4n) is 3.07. The van der Waals surface area contributed by atoms with E-state index in [4.69, 9.17) is 0 Å². The van der Waals surface area contributed by atoms with E-state index in [2.05, 4.69) is 10.3 Å². The first-order valence-corrected chi connectivity index (χ1v) is 8.51. The van der Waals surface area contributed by atoms with Gasteiger partial charge in [-0.15, -0.1) is 0 Å². The lowest BCUT2D eigenvalue weighted by molar-refractivity contribution is -0.117. The van der Waals surface area contributed by atoms with Crippen molar-refractivity contribution in [2.45, 2.75) is 12.8 Å². The number of benzene rings is 2. The number of rotatable bonds is 4. The van der Waals surface area contributed by atoms with E-state index in [1.807, 2.05) is 47.2 Å². The van der Waals surface area contributed by atoms with Crippen LogP contribution in [0, 0.1) is 0 Å². The monoisotopic (exact) mass is 346 g/mol. The third kappa shape index (κ3) is 3.21. The van der Waals surface area contributed by atoms with Crippen LogP contribution in [0.1, 0.15) is 23.2 Å². The van der Waals surface area contributed by atoms with E-state index in [9.17, 15) is 9.59 Å². The molecule has 1 aromatic heterocycles. The predicted molar refractivity (Wildman–Crippen MR) is 99.5 cm³/mol. The van der Waals surface area contributed by atoms with Gasteiger partial charge in [0.25, 0.3) is 5.91 Å². The smallest absolute Gasteiger partial charge is 0.255 e. The zero-order chi connectivity index (χ0) is 17.9. The van der Waals surface area contributed by atoms with Crippen molar-refractivity contribution < 1.29 is 9.59 Å². The van der Waals surface area contributed by atoms with Crippen molar-refractivity contribution in [1.82, 2.24) is 9.55 Å². The van der Waals surface area contributed by atoms with Crippen molar-refractivity contribution in [2.24, 2.45) is 0 Å². The first-order chi connectivity index (χ1) is 12.7. The van der Waals surface area contributed by atoms with E-state index in [0.717, 1.165) is 24.3 Å². The van der Waals surface area contributed by atoms with Gasteiger partial charge >= 0.3 is 0 Å². The molecular formula is C20H18N4O2. The number of hydrogen-bond donors (Lipinski definition) is 1. The molecule has 0 bridgehead atoms. The number of anilines is 2. The number of carbonyl (C=O) groups excluding carboxylic acids is 2. The Bertz CT molecular complexity index is 933. The van der Waals surface area contributed by atoms with Gasteiger partial charge in [-0.3, -0.25) is 9.59 Å². The van der Waals surface area contributed by atoms with Crippen molar-refractivity contribution in [1.29, 1.82) is 0 Å². The molecule has 4 rings (SSSR count). The Hall–Kier alpha value is -3.41. The van der Waals surface area contributed by atoms with Gasteiger partial charge in [-0.2, -0.15) is 0 Å². The summed E-state index contributed by atoms with van der Waals surface area (Å²) in [5, 5.41) is 2.90. The third-order valence-electron chi connectivity index (χ3n) is 4.42. The Morgan fingerprint density at radius 1 is 1.08 bits per heavy atom.